The summed E-state index contributed by atoms with van der Waals surface area (Å²) in [5, 5.41) is 10.8. The first-order valence-corrected chi connectivity index (χ1v) is 8.01. The second-order valence-electron chi connectivity index (χ2n) is 5.81. The van der Waals surface area contributed by atoms with Crippen LogP contribution in [0.4, 0.5) is 10.1 Å². The standard InChI is InChI=1S/C18H16ClFN4O/c1-10-4-5-11(2)16(8-10)21-18(25)17-12(3)24(23-22-17)13-6-7-15(20)14(19)9-13/h4-9H,1-3H3,(H,21,25). The monoisotopic (exact) mass is 358 g/mol. The van der Waals surface area contributed by atoms with Crippen LogP contribution in [0.1, 0.15) is 27.3 Å². The highest BCUT2D eigenvalue weighted by Gasteiger charge is 2.18. The van der Waals surface area contributed by atoms with E-state index in [1.165, 1.54) is 22.9 Å². The number of rotatable bonds is 3. The van der Waals surface area contributed by atoms with Gasteiger partial charge in [0.15, 0.2) is 5.69 Å². The van der Waals surface area contributed by atoms with Crippen molar-refractivity contribution in [3.63, 3.8) is 0 Å². The maximum absolute atomic E-state index is 13.3. The molecule has 0 fully saturated rings. The second-order valence-corrected chi connectivity index (χ2v) is 6.21. The molecule has 5 nitrogen and oxygen atoms in total. The van der Waals surface area contributed by atoms with Gasteiger partial charge >= 0.3 is 0 Å². The predicted octanol–water partition coefficient (Wildman–Crippen LogP) is 4.24. The van der Waals surface area contributed by atoms with E-state index in [2.05, 4.69) is 15.6 Å². The van der Waals surface area contributed by atoms with Gasteiger partial charge in [0.05, 0.1) is 16.4 Å². The quantitative estimate of drug-likeness (QED) is 0.761. The number of aromatic nitrogens is 3. The lowest BCUT2D eigenvalue weighted by atomic mass is 10.1. The fraction of sp³-hybridized carbons (Fsp3) is 0.167. The number of nitrogens with zero attached hydrogens (tertiary/aromatic N) is 3. The molecule has 128 valence electrons. The highest BCUT2D eigenvalue weighted by molar-refractivity contribution is 6.30. The van der Waals surface area contributed by atoms with E-state index >= 15 is 0 Å². The van der Waals surface area contributed by atoms with E-state index in [9.17, 15) is 9.18 Å². The molecule has 0 saturated heterocycles. The molecule has 0 unspecified atom stereocenters. The summed E-state index contributed by atoms with van der Waals surface area (Å²) in [4.78, 5) is 12.6. The van der Waals surface area contributed by atoms with Crippen molar-refractivity contribution in [1.29, 1.82) is 0 Å². The molecule has 25 heavy (non-hydrogen) atoms. The molecule has 0 bridgehead atoms. The van der Waals surface area contributed by atoms with Gasteiger partial charge in [-0.1, -0.05) is 28.9 Å². The zero-order valence-corrected chi connectivity index (χ0v) is 14.7. The van der Waals surface area contributed by atoms with Crippen LogP contribution in [0.25, 0.3) is 5.69 Å². The zero-order chi connectivity index (χ0) is 18.1. The number of amides is 1. The molecular weight excluding hydrogens is 343 g/mol. The van der Waals surface area contributed by atoms with Gasteiger partial charge in [-0.25, -0.2) is 9.07 Å². The van der Waals surface area contributed by atoms with Crippen LogP contribution in [0.5, 0.6) is 0 Å². The summed E-state index contributed by atoms with van der Waals surface area (Å²) < 4.78 is 14.8. The van der Waals surface area contributed by atoms with Crippen LogP contribution < -0.4 is 5.32 Å². The average Bonchev–Trinajstić information content (AvgIpc) is 2.95. The largest absolute Gasteiger partial charge is 0.320 e. The molecule has 0 spiro atoms. The lowest BCUT2D eigenvalue weighted by molar-refractivity contribution is 0.102. The molecule has 3 rings (SSSR count). The predicted molar refractivity (Wildman–Crippen MR) is 94.9 cm³/mol. The van der Waals surface area contributed by atoms with E-state index < -0.39 is 5.82 Å². The van der Waals surface area contributed by atoms with E-state index in [1.807, 2.05) is 32.0 Å². The summed E-state index contributed by atoms with van der Waals surface area (Å²) in [6.45, 7) is 5.59. The third-order valence-corrected chi connectivity index (χ3v) is 4.19. The number of benzene rings is 2. The van der Waals surface area contributed by atoms with Gasteiger partial charge in [-0.15, -0.1) is 5.10 Å². The van der Waals surface area contributed by atoms with Crippen molar-refractivity contribution in [3.05, 3.63) is 69.8 Å². The zero-order valence-electron chi connectivity index (χ0n) is 14.0. The molecule has 1 aromatic heterocycles. The lowest BCUT2D eigenvalue weighted by Gasteiger charge is -2.09. The van der Waals surface area contributed by atoms with E-state index in [0.29, 0.717) is 11.4 Å². The molecule has 0 aliphatic heterocycles. The Hall–Kier alpha value is -2.73. The van der Waals surface area contributed by atoms with Gasteiger partial charge in [-0.3, -0.25) is 4.79 Å². The molecule has 7 heteroatoms. The van der Waals surface area contributed by atoms with Crippen LogP contribution in [-0.2, 0) is 0 Å². The number of carbonyl (C=O) groups is 1. The Morgan fingerprint density at radius 2 is 1.92 bits per heavy atom. The van der Waals surface area contributed by atoms with E-state index in [-0.39, 0.29) is 16.6 Å². The number of carbonyl (C=O) groups excluding carboxylic acids is 1. The molecule has 0 saturated carbocycles. The molecule has 0 atom stereocenters. The lowest BCUT2D eigenvalue weighted by Crippen LogP contribution is -2.15. The Morgan fingerprint density at radius 1 is 1.16 bits per heavy atom. The van der Waals surface area contributed by atoms with Crippen LogP contribution >= 0.6 is 11.6 Å². The van der Waals surface area contributed by atoms with E-state index in [4.69, 9.17) is 11.6 Å². The van der Waals surface area contributed by atoms with Gasteiger partial charge in [0.25, 0.3) is 5.91 Å². The summed E-state index contributed by atoms with van der Waals surface area (Å²) in [5.41, 5.74) is 3.98. The molecule has 3 aromatic rings. The maximum Gasteiger partial charge on any atom is 0.278 e. The number of aryl methyl sites for hydroxylation is 2. The Morgan fingerprint density at radius 3 is 2.64 bits per heavy atom. The first-order chi connectivity index (χ1) is 11.9. The second kappa shape index (κ2) is 6.64. The third kappa shape index (κ3) is 3.39. The highest BCUT2D eigenvalue weighted by atomic mass is 35.5. The van der Waals surface area contributed by atoms with Crippen LogP contribution in [0, 0.1) is 26.6 Å². The summed E-state index contributed by atoms with van der Waals surface area (Å²) in [5.74, 6) is -0.873. The number of halogens is 2. The minimum Gasteiger partial charge on any atom is -0.320 e. The Kier molecular flexibility index (Phi) is 4.55. The smallest absolute Gasteiger partial charge is 0.278 e. The van der Waals surface area contributed by atoms with Gasteiger partial charge < -0.3 is 5.32 Å². The van der Waals surface area contributed by atoms with Crippen molar-refractivity contribution in [2.24, 2.45) is 0 Å². The normalized spacial score (nSPS) is 10.8. The van der Waals surface area contributed by atoms with Gasteiger partial charge in [0.2, 0.25) is 0 Å². The maximum atomic E-state index is 13.3. The summed E-state index contributed by atoms with van der Waals surface area (Å²) >= 11 is 5.81. The summed E-state index contributed by atoms with van der Waals surface area (Å²) in [7, 11) is 0. The molecule has 1 N–H and O–H groups in total. The van der Waals surface area contributed by atoms with Gasteiger partial charge in [0, 0.05) is 5.69 Å². The fourth-order valence-electron chi connectivity index (χ4n) is 2.45. The van der Waals surface area contributed by atoms with Gasteiger partial charge in [0.1, 0.15) is 5.82 Å². The molecule has 0 aliphatic carbocycles. The van der Waals surface area contributed by atoms with Crippen molar-refractivity contribution < 1.29 is 9.18 Å². The fourth-order valence-corrected chi connectivity index (χ4v) is 2.63. The minimum atomic E-state index is -0.518. The Labute approximate surface area is 149 Å². The SMILES string of the molecule is Cc1ccc(C)c(NC(=O)c2nnn(-c3ccc(F)c(Cl)c3)c2C)c1. The topological polar surface area (TPSA) is 59.8 Å². The molecule has 1 amide bonds. The van der Waals surface area contributed by atoms with Gasteiger partial charge in [-0.2, -0.15) is 0 Å². The molecule has 1 heterocycles. The van der Waals surface area contributed by atoms with Crippen LogP contribution in [0.3, 0.4) is 0 Å². The van der Waals surface area contributed by atoms with Crippen molar-refractivity contribution >= 4 is 23.2 Å². The molecule has 2 aromatic carbocycles. The Balaban J connectivity index is 1.91. The van der Waals surface area contributed by atoms with Crippen LogP contribution in [-0.4, -0.2) is 20.9 Å². The number of hydrogen-bond donors (Lipinski definition) is 1. The van der Waals surface area contributed by atoms with Crippen molar-refractivity contribution in [2.75, 3.05) is 5.32 Å². The van der Waals surface area contributed by atoms with Crippen molar-refractivity contribution in [1.82, 2.24) is 15.0 Å². The number of anilines is 1. The molecule has 0 aliphatic rings. The minimum absolute atomic E-state index is 0.0196. The Bertz CT molecular complexity index is 968. The van der Waals surface area contributed by atoms with Crippen molar-refractivity contribution in [2.45, 2.75) is 20.8 Å². The first-order valence-electron chi connectivity index (χ1n) is 7.63. The number of hydrogen-bond acceptors (Lipinski definition) is 3. The first kappa shape index (κ1) is 17.1. The van der Waals surface area contributed by atoms with E-state index in [0.717, 1.165) is 16.8 Å². The molecule has 0 radical (unpaired) electrons. The van der Waals surface area contributed by atoms with Crippen molar-refractivity contribution in [3.8, 4) is 5.69 Å². The number of nitrogens with one attached hydrogen (secondary N) is 1. The summed E-state index contributed by atoms with van der Waals surface area (Å²) in [6.07, 6.45) is 0. The van der Waals surface area contributed by atoms with Gasteiger partial charge in [-0.05, 0) is 56.2 Å². The van der Waals surface area contributed by atoms with Crippen LogP contribution in [0.2, 0.25) is 5.02 Å². The summed E-state index contributed by atoms with van der Waals surface area (Å²) in [6, 6.07) is 10.0. The van der Waals surface area contributed by atoms with E-state index in [1.54, 1.807) is 6.92 Å². The van der Waals surface area contributed by atoms with Crippen LogP contribution in [0.15, 0.2) is 36.4 Å². The third-order valence-electron chi connectivity index (χ3n) is 3.90. The molecular formula is C18H16ClFN4O. The highest BCUT2D eigenvalue weighted by Crippen LogP contribution is 2.21. The average molecular weight is 359 g/mol.